The van der Waals surface area contributed by atoms with Crippen LogP contribution < -0.4 is 16.4 Å². The molecule has 0 radical (unpaired) electrons. The van der Waals surface area contributed by atoms with Crippen molar-refractivity contribution in [1.82, 2.24) is 5.32 Å². The first-order valence-electron chi connectivity index (χ1n) is 5.83. The number of nitrogens with one attached hydrogen (secondary N) is 2. The molecule has 0 heterocycles. The molecule has 2 unspecified atom stereocenters. The van der Waals surface area contributed by atoms with Crippen LogP contribution in [0.3, 0.4) is 0 Å². The lowest BCUT2D eigenvalue weighted by molar-refractivity contribution is -0.122. The monoisotopic (exact) mass is 249 g/mol. The van der Waals surface area contributed by atoms with Gasteiger partial charge < -0.3 is 16.4 Å². The maximum Gasteiger partial charge on any atom is 0.237 e. The van der Waals surface area contributed by atoms with Crippen LogP contribution in [0.1, 0.15) is 32.4 Å². The number of carbonyl (C=O) groups is 2. The highest BCUT2D eigenvalue weighted by Crippen LogP contribution is 2.17. The maximum absolute atomic E-state index is 11.5. The van der Waals surface area contributed by atoms with Gasteiger partial charge in [0.25, 0.3) is 0 Å². The van der Waals surface area contributed by atoms with Crippen molar-refractivity contribution in [3.8, 4) is 0 Å². The highest BCUT2D eigenvalue weighted by Gasteiger charge is 2.12. The number of amides is 2. The van der Waals surface area contributed by atoms with Crippen LogP contribution in [-0.4, -0.2) is 17.9 Å². The fraction of sp³-hybridized carbons (Fsp3) is 0.385. The second-order valence-corrected chi connectivity index (χ2v) is 4.33. The fourth-order valence-electron chi connectivity index (χ4n) is 1.52. The fourth-order valence-corrected chi connectivity index (χ4v) is 1.52. The van der Waals surface area contributed by atoms with E-state index in [1.165, 1.54) is 6.92 Å². The van der Waals surface area contributed by atoms with Crippen molar-refractivity contribution in [2.45, 2.75) is 32.9 Å². The Balaban J connectivity index is 2.76. The average molecular weight is 249 g/mol. The van der Waals surface area contributed by atoms with Crippen LogP contribution in [0.2, 0.25) is 0 Å². The zero-order chi connectivity index (χ0) is 13.7. The highest BCUT2D eigenvalue weighted by atomic mass is 16.2. The molecule has 1 aromatic carbocycles. The Morgan fingerprint density at radius 1 is 1.28 bits per heavy atom. The van der Waals surface area contributed by atoms with Crippen molar-refractivity contribution in [2.24, 2.45) is 5.73 Å². The molecule has 4 N–H and O–H groups in total. The van der Waals surface area contributed by atoms with Gasteiger partial charge in [0, 0.05) is 12.6 Å². The zero-order valence-electron chi connectivity index (χ0n) is 10.9. The zero-order valence-corrected chi connectivity index (χ0v) is 10.9. The molecule has 0 fully saturated rings. The van der Waals surface area contributed by atoms with Crippen molar-refractivity contribution in [2.75, 3.05) is 5.32 Å². The number of anilines is 1. The number of hydrogen-bond acceptors (Lipinski definition) is 3. The summed E-state index contributed by atoms with van der Waals surface area (Å²) in [6.45, 7) is 4.96. The van der Waals surface area contributed by atoms with Gasteiger partial charge in [-0.1, -0.05) is 12.1 Å². The molecule has 98 valence electrons. The molecule has 0 aliphatic carbocycles. The first-order chi connectivity index (χ1) is 8.40. The third kappa shape index (κ3) is 4.18. The van der Waals surface area contributed by atoms with Gasteiger partial charge in [-0.2, -0.15) is 0 Å². The van der Waals surface area contributed by atoms with E-state index in [0.29, 0.717) is 5.69 Å². The normalized spacial score (nSPS) is 13.6. The van der Waals surface area contributed by atoms with Crippen molar-refractivity contribution in [3.63, 3.8) is 0 Å². The summed E-state index contributed by atoms with van der Waals surface area (Å²) >= 11 is 0. The van der Waals surface area contributed by atoms with E-state index < -0.39 is 6.04 Å². The van der Waals surface area contributed by atoms with Crippen LogP contribution >= 0.6 is 0 Å². The van der Waals surface area contributed by atoms with E-state index in [0.717, 1.165) is 5.56 Å². The Morgan fingerprint density at radius 2 is 1.94 bits per heavy atom. The number of carbonyl (C=O) groups excluding carboxylic acids is 2. The lowest BCUT2D eigenvalue weighted by Crippen LogP contribution is -2.39. The molecule has 2 atom stereocenters. The lowest BCUT2D eigenvalue weighted by atomic mass is 10.1. The second kappa shape index (κ2) is 6.16. The van der Waals surface area contributed by atoms with E-state index in [1.54, 1.807) is 13.0 Å². The maximum atomic E-state index is 11.5. The summed E-state index contributed by atoms with van der Waals surface area (Å²) < 4.78 is 0. The van der Waals surface area contributed by atoms with Crippen LogP contribution in [0.5, 0.6) is 0 Å². The molecule has 0 bridgehead atoms. The first-order valence-corrected chi connectivity index (χ1v) is 5.83. The number of nitrogens with two attached hydrogens (primary N) is 1. The van der Waals surface area contributed by atoms with E-state index in [-0.39, 0.29) is 17.9 Å². The van der Waals surface area contributed by atoms with E-state index in [4.69, 9.17) is 5.73 Å². The summed E-state index contributed by atoms with van der Waals surface area (Å²) in [5.41, 5.74) is 7.11. The number of rotatable bonds is 4. The molecular weight excluding hydrogens is 230 g/mol. The molecule has 18 heavy (non-hydrogen) atoms. The molecule has 1 aromatic rings. The first kappa shape index (κ1) is 14.2. The van der Waals surface area contributed by atoms with Gasteiger partial charge in [0.1, 0.15) is 0 Å². The Morgan fingerprint density at radius 3 is 2.50 bits per heavy atom. The summed E-state index contributed by atoms with van der Waals surface area (Å²) in [5.74, 6) is -0.327. The molecule has 0 spiro atoms. The number of hydrogen-bond donors (Lipinski definition) is 3. The van der Waals surface area contributed by atoms with Gasteiger partial charge in [-0.15, -0.1) is 0 Å². The molecular formula is C13H19N3O2. The summed E-state index contributed by atoms with van der Waals surface area (Å²) in [5, 5.41) is 5.50. The van der Waals surface area contributed by atoms with Crippen LogP contribution in [0, 0.1) is 0 Å². The molecule has 2 amide bonds. The van der Waals surface area contributed by atoms with Gasteiger partial charge >= 0.3 is 0 Å². The molecule has 5 heteroatoms. The largest absolute Gasteiger partial charge is 0.348 e. The Hall–Kier alpha value is -1.88. The van der Waals surface area contributed by atoms with Crippen molar-refractivity contribution in [3.05, 3.63) is 29.8 Å². The minimum atomic E-state index is -0.536. The summed E-state index contributed by atoms with van der Waals surface area (Å²) in [4.78, 5) is 22.4. The van der Waals surface area contributed by atoms with Crippen LogP contribution in [0.15, 0.2) is 24.3 Å². The standard InChI is InChI=1S/C13H19N3O2/c1-8(14)13(18)15-9(2)11-5-4-6-12(7-11)16-10(3)17/h4-9H,14H2,1-3H3,(H,15,18)(H,16,17). The van der Waals surface area contributed by atoms with Gasteiger partial charge in [-0.3, -0.25) is 9.59 Å². The van der Waals surface area contributed by atoms with Gasteiger partial charge in [-0.25, -0.2) is 0 Å². The lowest BCUT2D eigenvalue weighted by Gasteiger charge is -2.16. The van der Waals surface area contributed by atoms with Crippen LogP contribution in [0.25, 0.3) is 0 Å². The van der Waals surface area contributed by atoms with Gasteiger partial charge in [0.2, 0.25) is 11.8 Å². The predicted octanol–water partition coefficient (Wildman–Crippen LogP) is 1.17. The molecule has 0 saturated heterocycles. The smallest absolute Gasteiger partial charge is 0.237 e. The summed E-state index contributed by atoms with van der Waals surface area (Å²) in [7, 11) is 0. The summed E-state index contributed by atoms with van der Waals surface area (Å²) in [6, 6.07) is 6.65. The average Bonchev–Trinajstić information content (AvgIpc) is 2.28. The van der Waals surface area contributed by atoms with Gasteiger partial charge in [0.05, 0.1) is 12.1 Å². The predicted molar refractivity (Wildman–Crippen MR) is 71.0 cm³/mol. The SMILES string of the molecule is CC(=O)Nc1cccc(C(C)NC(=O)C(C)N)c1. The summed E-state index contributed by atoms with van der Waals surface area (Å²) in [6.07, 6.45) is 0. The minimum Gasteiger partial charge on any atom is -0.348 e. The van der Waals surface area contributed by atoms with Crippen LogP contribution in [0.4, 0.5) is 5.69 Å². The van der Waals surface area contributed by atoms with E-state index in [9.17, 15) is 9.59 Å². The molecule has 1 rings (SSSR count). The van der Waals surface area contributed by atoms with Crippen molar-refractivity contribution >= 4 is 17.5 Å². The van der Waals surface area contributed by atoms with Gasteiger partial charge in [-0.05, 0) is 31.5 Å². The molecule has 0 aliphatic heterocycles. The molecule has 5 nitrogen and oxygen atoms in total. The quantitative estimate of drug-likeness (QED) is 0.749. The van der Waals surface area contributed by atoms with E-state index in [1.807, 2.05) is 25.1 Å². The Bertz CT molecular complexity index is 444. The van der Waals surface area contributed by atoms with Gasteiger partial charge in [0.15, 0.2) is 0 Å². The molecule has 0 aliphatic rings. The van der Waals surface area contributed by atoms with Crippen molar-refractivity contribution in [1.29, 1.82) is 0 Å². The Labute approximate surface area is 107 Å². The van der Waals surface area contributed by atoms with E-state index in [2.05, 4.69) is 10.6 Å². The molecule has 0 aromatic heterocycles. The topological polar surface area (TPSA) is 84.2 Å². The molecule has 0 saturated carbocycles. The highest BCUT2D eigenvalue weighted by molar-refractivity contribution is 5.88. The van der Waals surface area contributed by atoms with Crippen LogP contribution in [-0.2, 0) is 9.59 Å². The second-order valence-electron chi connectivity index (χ2n) is 4.33. The minimum absolute atomic E-state index is 0.126. The van der Waals surface area contributed by atoms with E-state index >= 15 is 0 Å². The third-order valence-electron chi connectivity index (χ3n) is 2.48. The Kier molecular flexibility index (Phi) is 4.85. The number of benzene rings is 1. The third-order valence-corrected chi connectivity index (χ3v) is 2.48. The van der Waals surface area contributed by atoms with Crippen molar-refractivity contribution < 1.29 is 9.59 Å².